The molecule has 2 N–H and O–H groups in total. The van der Waals surface area contributed by atoms with Crippen molar-refractivity contribution in [1.82, 2.24) is 15.1 Å². The van der Waals surface area contributed by atoms with Crippen LogP contribution in [0.2, 0.25) is 5.02 Å². The number of hydrogen-bond acceptors (Lipinski definition) is 4. The molecule has 3 heterocycles. The predicted molar refractivity (Wildman–Crippen MR) is 105 cm³/mol. The molecule has 3 aliphatic rings. The van der Waals surface area contributed by atoms with Crippen LogP contribution in [0.15, 0.2) is 24.3 Å². The predicted octanol–water partition coefficient (Wildman–Crippen LogP) is -0.0294. The van der Waals surface area contributed by atoms with Gasteiger partial charge in [0.2, 0.25) is 0 Å². The maximum absolute atomic E-state index is 13.1. The van der Waals surface area contributed by atoms with Gasteiger partial charge in [-0.05, 0) is 37.5 Å². The monoisotopic (exact) mass is 421 g/mol. The standard InChI is InChI=1S/C20H25ClN4O4/c1-20(14-4-6-15(21)7-5-14)18(27)25(19(28)22-20)13-23-8-10-24(11-9-23)17(26)16-3-2-12-29-16/h4-7,16H,2-3,8-13H2,1H3,(H,22,28)/p+1/t16-,20-/m1/s1. The molecule has 3 fully saturated rings. The van der Waals surface area contributed by atoms with Gasteiger partial charge in [-0.1, -0.05) is 23.7 Å². The molecule has 0 aliphatic carbocycles. The van der Waals surface area contributed by atoms with Gasteiger partial charge >= 0.3 is 6.03 Å². The summed E-state index contributed by atoms with van der Waals surface area (Å²) in [6.07, 6.45) is 1.42. The lowest BCUT2D eigenvalue weighted by Crippen LogP contribution is -3.16. The number of quaternary nitrogens is 1. The number of halogens is 1. The van der Waals surface area contributed by atoms with Crippen LogP contribution in [0.25, 0.3) is 0 Å². The van der Waals surface area contributed by atoms with Gasteiger partial charge in [0.25, 0.3) is 11.8 Å². The second kappa shape index (κ2) is 7.93. The first-order chi connectivity index (χ1) is 13.9. The minimum atomic E-state index is -1.10. The Labute approximate surface area is 174 Å². The molecule has 8 nitrogen and oxygen atoms in total. The van der Waals surface area contributed by atoms with Crippen molar-refractivity contribution in [3.63, 3.8) is 0 Å². The highest BCUT2D eigenvalue weighted by atomic mass is 35.5. The molecule has 4 amide bonds. The minimum Gasteiger partial charge on any atom is -0.368 e. The Morgan fingerprint density at radius 2 is 1.97 bits per heavy atom. The highest BCUT2D eigenvalue weighted by molar-refractivity contribution is 6.30. The van der Waals surface area contributed by atoms with E-state index in [1.807, 2.05) is 4.90 Å². The van der Waals surface area contributed by atoms with Gasteiger partial charge in [-0.2, -0.15) is 0 Å². The molecule has 3 saturated heterocycles. The molecule has 0 bridgehead atoms. The van der Waals surface area contributed by atoms with Crippen molar-refractivity contribution in [2.75, 3.05) is 39.5 Å². The highest BCUT2D eigenvalue weighted by Crippen LogP contribution is 2.29. The van der Waals surface area contributed by atoms with E-state index in [0.717, 1.165) is 17.7 Å². The summed E-state index contributed by atoms with van der Waals surface area (Å²) < 4.78 is 5.49. The second-order valence-electron chi connectivity index (χ2n) is 8.03. The normalized spacial score (nSPS) is 28.1. The number of ether oxygens (including phenoxy) is 1. The smallest absolute Gasteiger partial charge is 0.329 e. The number of benzene rings is 1. The third kappa shape index (κ3) is 3.84. The molecule has 29 heavy (non-hydrogen) atoms. The quantitative estimate of drug-likeness (QED) is 0.669. The molecule has 3 aliphatic heterocycles. The van der Waals surface area contributed by atoms with E-state index in [2.05, 4.69) is 5.32 Å². The Bertz CT molecular complexity index is 803. The number of nitrogens with one attached hydrogen (secondary N) is 2. The number of rotatable bonds is 4. The zero-order valence-electron chi connectivity index (χ0n) is 16.4. The fraction of sp³-hybridized carbons (Fsp3) is 0.550. The van der Waals surface area contributed by atoms with Crippen LogP contribution in [-0.2, 0) is 19.9 Å². The SMILES string of the molecule is C[C@]1(c2ccc(Cl)cc2)NC(=O)N(C[NH+]2CCN(C(=O)[C@H]3CCCO3)CC2)C1=O. The average Bonchev–Trinajstić information content (AvgIpc) is 3.32. The lowest BCUT2D eigenvalue weighted by atomic mass is 9.92. The van der Waals surface area contributed by atoms with Gasteiger partial charge < -0.3 is 19.9 Å². The fourth-order valence-corrected chi connectivity index (χ4v) is 4.35. The second-order valence-corrected chi connectivity index (χ2v) is 8.47. The first-order valence-electron chi connectivity index (χ1n) is 10.0. The van der Waals surface area contributed by atoms with E-state index in [1.54, 1.807) is 31.2 Å². The molecule has 1 aromatic rings. The molecular formula is C20H26ClN4O4+. The number of amides is 4. The van der Waals surface area contributed by atoms with Crippen molar-refractivity contribution in [3.8, 4) is 0 Å². The largest absolute Gasteiger partial charge is 0.368 e. The summed E-state index contributed by atoms with van der Waals surface area (Å²) in [7, 11) is 0. The van der Waals surface area contributed by atoms with Crippen LogP contribution in [0.3, 0.4) is 0 Å². The van der Waals surface area contributed by atoms with Gasteiger partial charge in [0.05, 0.1) is 26.2 Å². The van der Waals surface area contributed by atoms with Crippen LogP contribution in [-0.4, -0.2) is 73.2 Å². The number of urea groups is 1. The number of carbonyl (C=O) groups excluding carboxylic acids is 3. The van der Waals surface area contributed by atoms with Gasteiger partial charge in [-0.25, -0.2) is 9.69 Å². The van der Waals surface area contributed by atoms with Crippen molar-refractivity contribution in [2.24, 2.45) is 0 Å². The summed E-state index contributed by atoms with van der Waals surface area (Å²) in [5.74, 6) is -0.206. The van der Waals surface area contributed by atoms with Crippen molar-refractivity contribution in [3.05, 3.63) is 34.9 Å². The fourth-order valence-electron chi connectivity index (χ4n) is 4.22. The van der Waals surface area contributed by atoms with Crippen LogP contribution >= 0.6 is 11.6 Å². The van der Waals surface area contributed by atoms with Gasteiger partial charge in [-0.3, -0.25) is 9.59 Å². The van der Waals surface area contributed by atoms with Gasteiger partial charge in [-0.15, -0.1) is 0 Å². The molecule has 0 saturated carbocycles. The van der Waals surface area contributed by atoms with E-state index < -0.39 is 11.6 Å². The van der Waals surface area contributed by atoms with E-state index in [1.165, 1.54) is 4.90 Å². The number of nitrogens with zero attached hydrogens (tertiary/aromatic N) is 2. The Morgan fingerprint density at radius 1 is 1.28 bits per heavy atom. The Kier molecular flexibility index (Phi) is 5.50. The van der Waals surface area contributed by atoms with E-state index in [0.29, 0.717) is 43.4 Å². The minimum absolute atomic E-state index is 0.0619. The zero-order valence-corrected chi connectivity index (χ0v) is 17.2. The molecule has 0 aromatic heterocycles. The van der Waals surface area contributed by atoms with E-state index in [4.69, 9.17) is 16.3 Å². The van der Waals surface area contributed by atoms with Crippen molar-refractivity contribution >= 4 is 29.4 Å². The molecule has 4 rings (SSSR count). The molecule has 156 valence electrons. The summed E-state index contributed by atoms with van der Waals surface area (Å²) in [5, 5.41) is 3.39. The number of hydrogen-bond donors (Lipinski definition) is 2. The Morgan fingerprint density at radius 3 is 2.59 bits per heavy atom. The highest BCUT2D eigenvalue weighted by Gasteiger charge is 2.50. The summed E-state index contributed by atoms with van der Waals surface area (Å²) >= 11 is 5.94. The Balaban J connectivity index is 1.36. The van der Waals surface area contributed by atoms with E-state index in [-0.39, 0.29) is 24.6 Å². The molecule has 2 atom stereocenters. The molecule has 9 heteroatoms. The molecule has 0 unspecified atom stereocenters. The number of piperazine rings is 1. The van der Waals surface area contributed by atoms with E-state index >= 15 is 0 Å². The topological polar surface area (TPSA) is 83.4 Å². The molecule has 1 aromatic carbocycles. The molecular weight excluding hydrogens is 396 g/mol. The van der Waals surface area contributed by atoms with Crippen LogP contribution in [0.5, 0.6) is 0 Å². The summed E-state index contributed by atoms with van der Waals surface area (Å²) in [6, 6.07) is 6.54. The molecule has 0 radical (unpaired) electrons. The first kappa shape index (κ1) is 20.1. The van der Waals surface area contributed by atoms with Crippen LogP contribution in [0.4, 0.5) is 4.79 Å². The van der Waals surface area contributed by atoms with Crippen molar-refractivity contribution in [2.45, 2.75) is 31.4 Å². The van der Waals surface area contributed by atoms with Crippen LogP contribution < -0.4 is 10.2 Å². The van der Waals surface area contributed by atoms with Gasteiger partial charge in [0.15, 0.2) is 6.67 Å². The summed E-state index contributed by atoms with van der Waals surface area (Å²) in [6.45, 7) is 5.23. The summed E-state index contributed by atoms with van der Waals surface area (Å²) in [4.78, 5) is 42.3. The lowest BCUT2D eigenvalue weighted by molar-refractivity contribution is -0.911. The maximum atomic E-state index is 13.1. The average molecular weight is 422 g/mol. The Hall–Kier alpha value is -2.16. The molecule has 0 spiro atoms. The van der Waals surface area contributed by atoms with Crippen molar-refractivity contribution < 1.29 is 24.0 Å². The van der Waals surface area contributed by atoms with Gasteiger partial charge in [0.1, 0.15) is 11.6 Å². The summed E-state index contributed by atoms with van der Waals surface area (Å²) in [5.41, 5.74) is -0.400. The van der Waals surface area contributed by atoms with Gasteiger partial charge in [0, 0.05) is 11.6 Å². The lowest BCUT2D eigenvalue weighted by Gasteiger charge is -2.34. The van der Waals surface area contributed by atoms with Crippen molar-refractivity contribution in [1.29, 1.82) is 0 Å². The third-order valence-corrected chi connectivity index (χ3v) is 6.32. The number of carbonyl (C=O) groups is 3. The number of imide groups is 1. The zero-order chi connectivity index (χ0) is 20.6. The van der Waals surface area contributed by atoms with E-state index in [9.17, 15) is 14.4 Å². The maximum Gasteiger partial charge on any atom is 0.329 e. The first-order valence-corrected chi connectivity index (χ1v) is 10.4. The van der Waals surface area contributed by atoms with Crippen LogP contribution in [0, 0.1) is 0 Å². The third-order valence-electron chi connectivity index (χ3n) is 6.07. The van der Waals surface area contributed by atoms with Crippen LogP contribution in [0.1, 0.15) is 25.3 Å².